The first-order chi connectivity index (χ1) is 18.2. The van der Waals surface area contributed by atoms with Gasteiger partial charge in [0, 0.05) is 61.6 Å². The molecule has 0 atom stereocenters. The third-order valence-electron chi connectivity index (χ3n) is 7.37. The van der Waals surface area contributed by atoms with Gasteiger partial charge in [0.25, 0.3) is 11.1 Å². The molecule has 0 radical (unpaired) electrons. The number of fused-ring (bicyclic) bond motifs is 1. The van der Waals surface area contributed by atoms with Crippen LogP contribution in [0.3, 0.4) is 0 Å². The highest BCUT2D eigenvalue weighted by Crippen LogP contribution is 2.35. The monoisotopic (exact) mass is 514 g/mol. The Balaban J connectivity index is 1.37. The Kier molecular flexibility index (Phi) is 5.86. The van der Waals surface area contributed by atoms with Crippen LogP contribution in [0.5, 0.6) is 0 Å². The van der Waals surface area contributed by atoms with Crippen LogP contribution in [0.4, 0.5) is 17.3 Å². The zero-order valence-electron chi connectivity index (χ0n) is 22.4. The largest absolute Gasteiger partial charge is 0.369 e. The Morgan fingerprint density at radius 3 is 2.26 bits per heavy atom. The van der Waals surface area contributed by atoms with Gasteiger partial charge in [-0.2, -0.15) is 4.98 Å². The van der Waals surface area contributed by atoms with Gasteiger partial charge in [-0.15, -0.1) is 0 Å². The molecular weight excluding hydrogens is 480 g/mol. The van der Waals surface area contributed by atoms with Gasteiger partial charge in [0.15, 0.2) is 5.65 Å². The lowest BCUT2D eigenvalue weighted by atomic mass is 10.1. The number of anilines is 3. The second-order valence-electron chi connectivity index (χ2n) is 11.4. The lowest BCUT2D eigenvalue weighted by Crippen LogP contribution is -2.44. The van der Waals surface area contributed by atoms with E-state index in [2.05, 4.69) is 39.3 Å². The lowest BCUT2D eigenvalue weighted by molar-refractivity contribution is 0.313. The van der Waals surface area contributed by atoms with Crippen molar-refractivity contribution in [2.45, 2.75) is 45.2 Å². The summed E-state index contributed by atoms with van der Waals surface area (Å²) in [7, 11) is 2.15. The van der Waals surface area contributed by atoms with E-state index in [1.807, 2.05) is 43.8 Å². The van der Waals surface area contributed by atoms with Crippen molar-refractivity contribution in [2.24, 2.45) is 0 Å². The van der Waals surface area contributed by atoms with Crippen molar-refractivity contribution < 1.29 is 0 Å². The van der Waals surface area contributed by atoms with Crippen LogP contribution >= 0.6 is 0 Å². The van der Waals surface area contributed by atoms with Crippen LogP contribution < -0.4 is 21.3 Å². The van der Waals surface area contributed by atoms with Gasteiger partial charge in [-0.05, 0) is 71.0 Å². The van der Waals surface area contributed by atoms with Gasteiger partial charge in [-0.25, -0.2) is 14.3 Å². The molecule has 0 unspecified atom stereocenters. The van der Waals surface area contributed by atoms with E-state index >= 15 is 0 Å². The van der Waals surface area contributed by atoms with Crippen molar-refractivity contribution in [3.63, 3.8) is 0 Å². The fraction of sp³-hybridized carbons (Fsp3) is 0.429. The molecule has 1 aromatic carbocycles. The zero-order valence-corrected chi connectivity index (χ0v) is 22.4. The van der Waals surface area contributed by atoms with Crippen molar-refractivity contribution in [3.8, 4) is 5.69 Å². The first-order valence-electron chi connectivity index (χ1n) is 13.2. The van der Waals surface area contributed by atoms with E-state index < -0.39 is 5.54 Å². The molecular formula is C28H34N8O2. The second-order valence-corrected chi connectivity index (χ2v) is 11.4. The molecule has 3 aromatic heterocycles. The van der Waals surface area contributed by atoms with Crippen molar-refractivity contribution >= 4 is 28.4 Å². The number of aromatic nitrogens is 5. The summed E-state index contributed by atoms with van der Waals surface area (Å²) in [6, 6.07) is 11.7. The van der Waals surface area contributed by atoms with E-state index in [1.54, 1.807) is 27.6 Å². The molecule has 10 nitrogen and oxygen atoms in total. The molecule has 1 N–H and O–H groups in total. The molecule has 1 aliphatic heterocycles. The molecule has 10 heteroatoms. The third-order valence-corrected chi connectivity index (χ3v) is 7.37. The first kappa shape index (κ1) is 24.4. The second kappa shape index (κ2) is 9.13. The minimum atomic E-state index is -0.404. The molecule has 1 saturated heterocycles. The summed E-state index contributed by atoms with van der Waals surface area (Å²) < 4.78 is 5.30. The van der Waals surface area contributed by atoms with Gasteiger partial charge in [-0.3, -0.25) is 9.59 Å². The Hall–Kier alpha value is -3.92. The number of hydrogen-bond donors (Lipinski definition) is 1. The standard InChI is InChI=1S/C28H34N8O2/c1-28(2,3)34-18-22(11-12-24(34)37)35-25-23(26(38)36(35)21-9-10-21)17-29-27(31-25)30-19-5-7-20(8-6-19)33-15-13-32(4)14-16-33/h5-8,11-12,17-18,21H,9-10,13-16H2,1-4H3,(H,29,30,31). The maximum Gasteiger partial charge on any atom is 0.278 e. The van der Waals surface area contributed by atoms with E-state index in [4.69, 9.17) is 4.98 Å². The Morgan fingerprint density at radius 1 is 0.921 bits per heavy atom. The third kappa shape index (κ3) is 4.49. The summed E-state index contributed by atoms with van der Waals surface area (Å²) in [4.78, 5) is 40.0. The van der Waals surface area contributed by atoms with Crippen molar-refractivity contribution in [1.29, 1.82) is 0 Å². The number of piperazine rings is 1. The summed E-state index contributed by atoms with van der Waals surface area (Å²) >= 11 is 0. The number of nitrogens with zero attached hydrogens (tertiary/aromatic N) is 7. The molecule has 0 amide bonds. The molecule has 4 heterocycles. The number of pyridine rings is 1. The van der Waals surface area contributed by atoms with E-state index in [0.29, 0.717) is 17.0 Å². The topological polar surface area (TPSA) is 93.2 Å². The van der Waals surface area contributed by atoms with E-state index in [1.165, 1.54) is 5.69 Å². The summed E-state index contributed by atoms with van der Waals surface area (Å²) in [5.74, 6) is 0.413. The smallest absolute Gasteiger partial charge is 0.278 e. The lowest BCUT2D eigenvalue weighted by Gasteiger charge is -2.34. The minimum Gasteiger partial charge on any atom is -0.369 e. The first-order valence-corrected chi connectivity index (χ1v) is 13.2. The van der Waals surface area contributed by atoms with E-state index in [0.717, 1.165) is 50.4 Å². The fourth-order valence-electron chi connectivity index (χ4n) is 5.03. The van der Waals surface area contributed by atoms with Crippen molar-refractivity contribution in [1.82, 2.24) is 28.8 Å². The number of nitrogens with one attached hydrogen (secondary N) is 1. The van der Waals surface area contributed by atoms with E-state index in [9.17, 15) is 9.59 Å². The van der Waals surface area contributed by atoms with Crippen molar-refractivity contribution in [2.75, 3.05) is 43.4 Å². The highest BCUT2D eigenvalue weighted by atomic mass is 16.1. The van der Waals surface area contributed by atoms with Crippen molar-refractivity contribution in [3.05, 3.63) is 69.5 Å². The molecule has 6 rings (SSSR count). The molecule has 1 saturated carbocycles. The van der Waals surface area contributed by atoms with Gasteiger partial charge < -0.3 is 19.7 Å². The molecule has 2 fully saturated rings. The average Bonchev–Trinajstić information content (AvgIpc) is 3.69. The number of hydrogen-bond acceptors (Lipinski definition) is 7. The molecule has 2 aliphatic rings. The number of benzene rings is 1. The van der Waals surface area contributed by atoms with Gasteiger partial charge in [-0.1, -0.05) is 0 Å². The summed E-state index contributed by atoms with van der Waals surface area (Å²) in [6.45, 7) is 10.1. The Labute approximate surface area is 221 Å². The molecule has 0 bridgehead atoms. The molecule has 0 spiro atoms. The number of rotatable bonds is 5. The van der Waals surface area contributed by atoms with Crippen LogP contribution in [0.25, 0.3) is 16.7 Å². The fourth-order valence-corrected chi connectivity index (χ4v) is 5.03. The number of likely N-dealkylation sites (N-methyl/N-ethyl adjacent to an activating group) is 1. The van der Waals surface area contributed by atoms with Crippen LogP contribution in [0.1, 0.15) is 39.7 Å². The molecule has 38 heavy (non-hydrogen) atoms. The molecule has 1 aliphatic carbocycles. The van der Waals surface area contributed by atoms with Crippen LogP contribution in [0, 0.1) is 0 Å². The summed E-state index contributed by atoms with van der Waals surface area (Å²) in [5, 5.41) is 3.76. The highest BCUT2D eigenvalue weighted by molar-refractivity contribution is 5.77. The molecule has 198 valence electrons. The predicted molar refractivity (Wildman–Crippen MR) is 150 cm³/mol. The van der Waals surface area contributed by atoms with Crippen LogP contribution in [0.15, 0.2) is 58.4 Å². The average molecular weight is 515 g/mol. The predicted octanol–water partition coefficient (Wildman–Crippen LogP) is 3.33. The SMILES string of the molecule is CN1CCN(c2ccc(Nc3ncc4c(=O)n(C5CC5)n(-c5ccc(=O)n(C(C)(C)C)c5)c4n3)cc2)CC1. The van der Waals surface area contributed by atoms with Gasteiger partial charge in [0.2, 0.25) is 5.95 Å². The zero-order chi connectivity index (χ0) is 26.6. The maximum atomic E-state index is 13.4. The van der Waals surface area contributed by atoms with Gasteiger partial charge in [0.1, 0.15) is 5.39 Å². The molecule has 4 aromatic rings. The normalized spacial score (nSPS) is 16.8. The van der Waals surface area contributed by atoms with Crippen LogP contribution in [0.2, 0.25) is 0 Å². The highest BCUT2D eigenvalue weighted by Gasteiger charge is 2.31. The quantitative estimate of drug-likeness (QED) is 0.437. The summed E-state index contributed by atoms with van der Waals surface area (Å²) in [6.07, 6.45) is 5.29. The van der Waals surface area contributed by atoms with Gasteiger partial charge >= 0.3 is 0 Å². The van der Waals surface area contributed by atoms with Crippen LogP contribution in [-0.4, -0.2) is 62.0 Å². The Morgan fingerprint density at radius 2 is 1.61 bits per heavy atom. The Bertz CT molecular complexity index is 1600. The van der Waals surface area contributed by atoms with Crippen LogP contribution in [-0.2, 0) is 5.54 Å². The maximum absolute atomic E-state index is 13.4. The minimum absolute atomic E-state index is 0.0879. The summed E-state index contributed by atoms with van der Waals surface area (Å²) in [5.41, 5.74) is 2.71. The van der Waals surface area contributed by atoms with E-state index in [-0.39, 0.29) is 17.2 Å². The van der Waals surface area contributed by atoms with Gasteiger partial charge in [0.05, 0.1) is 11.7 Å².